The molecule has 0 spiro atoms. The number of piperidine rings is 1. The maximum atomic E-state index is 12.5. The molecule has 1 aromatic rings. The summed E-state index contributed by atoms with van der Waals surface area (Å²) < 4.78 is 0. The molecular weight excluding hydrogens is 312 g/mol. The Labute approximate surface area is 152 Å². The van der Waals surface area contributed by atoms with E-state index in [1.807, 2.05) is 36.1 Å². The summed E-state index contributed by atoms with van der Waals surface area (Å²) in [7, 11) is 0. The van der Waals surface area contributed by atoms with Crippen LogP contribution in [0.4, 0.5) is 0 Å². The number of hydrogen-bond donors (Lipinski definition) is 1. The van der Waals surface area contributed by atoms with Gasteiger partial charge < -0.3 is 10.2 Å². The monoisotopic (exact) mass is 344 g/mol. The van der Waals surface area contributed by atoms with E-state index in [1.54, 1.807) is 0 Å². The normalized spacial score (nSPS) is 15.4. The second kappa shape index (κ2) is 9.59. The van der Waals surface area contributed by atoms with E-state index in [-0.39, 0.29) is 17.7 Å². The van der Waals surface area contributed by atoms with Crippen molar-refractivity contribution in [2.75, 3.05) is 19.6 Å². The van der Waals surface area contributed by atoms with Crippen LogP contribution in [0.5, 0.6) is 0 Å². The number of benzene rings is 1. The molecule has 1 aromatic carbocycles. The fourth-order valence-electron chi connectivity index (χ4n) is 3.51. The van der Waals surface area contributed by atoms with Crippen LogP contribution < -0.4 is 5.32 Å². The first-order valence-corrected chi connectivity index (χ1v) is 9.68. The Balaban J connectivity index is 1.71. The molecule has 25 heavy (non-hydrogen) atoms. The molecule has 0 aliphatic carbocycles. The summed E-state index contributed by atoms with van der Waals surface area (Å²) in [4.78, 5) is 26.5. The maximum Gasteiger partial charge on any atom is 0.253 e. The lowest BCUT2D eigenvalue weighted by Crippen LogP contribution is -2.39. The summed E-state index contributed by atoms with van der Waals surface area (Å²) in [6.45, 7) is 8.55. The van der Waals surface area contributed by atoms with E-state index in [2.05, 4.69) is 19.2 Å². The highest BCUT2D eigenvalue weighted by molar-refractivity contribution is 5.94. The first-order valence-electron chi connectivity index (χ1n) is 9.68. The van der Waals surface area contributed by atoms with Gasteiger partial charge in [-0.15, -0.1) is 0 Å². The molecule has 2 amide bonds. The van der Waals surface area contributed by atoms with E-state index in [9.17, 15) is 9.59 Å². The quantitative estimate of drug-likeness (QED) is 0.818. The van der Waals surface area contributed by atoms with E-state index >= 15 is 0 Å². The summed E-state index contributed by atoms with van der Waals surface area (Å²) in [5.41, 5.74) is 1.95. The van der Waals surface area contributed by atoms with Crippen LogP contribution in [0.1, 0.15) is 61.9 Å². The molecule has 0 bridgehead atoms. The van der Waals surface area contributed by atoms with Gasteiger partial charge in [-0.3, -0.25) is 9.59 Å². The van der Waals surface area contributed by atoms with E-state index in [0.717, 1.165) is 57.3 Å². The molecular formula is C21H32N2O2. The zero-order chi connectivity index (χ0) is 18.2. The van der Waals surface area contributed by atoms with Gasteiger partial charge in [0.2, 0.25) is 5.91 Å². The number of likely N-dealkylation sites (tertiary alicyclic amines) is 1. The van der Waals surface area contributed by atoms with Crippen LogP contribution in [0.25, 0.3) is 0 Å². The molecule has 2 rings (SSSR count). The lowest BCUT2D eigenvalue weighted by molar-refractivity contribution is -0.125. The first kappa shape index (κ1) is 19.5. The average molecular weight is 344 g/mol. The van der Waals surface area contributed by atoms with Crippen molar-refractivity contribution in [1.29, 1.82) is 0 Å². The third-order valence-corrected chi connectivity index (χ3v) is 5.41. The van der Waals surface area contributed by atoms with E-state index in [4.69, 9.17) is 0 Å². The summed E-state index contributed by atoms with van der Waals surface area (Å²) in [5.74, 6) is 1.08. The highest BCUT2D eigenvalue weighted by Gasteiger charge is 2.23. The number of nitrogens with zero attached hydrogens (tertiary/aromatic N) is 1. The van der Waals surface area contributed by atoms with Crippen molar-refractivity contribution in [1.82, 2.24) is 10.2 Å². The Bertz CT molecular complexity index is 556. The third-order valence-electron chi connectivity index (χ3n) is 5.41. The first-order chi connectivity index (χ1) is 12.0. The number of aryl methyl sites for hydroxylation is 1. The molecule has 0 radical (unpaired) electrons. The number of nitrogens with one attached hydrogen (secondary N) is 1. The van der Waals surface area contributed by atoms with Gasteiger partial charge in [-0.1, -0.05) is 31.5 Å². The second-order valence-electron chi connectivity index (χ2n) is 7.19. The Morgan fingerprint density at radius 2 is 1.72 bits per heavy atom. The van der Waals surface area contributed by atoms with Crippen LogP contribution in [-0.2, 0) is 4.79 Å². The molecule has 1 saturated heterocycles. The highest BCUT2D eigenvalue weighted by atomic mass is 16.2. The predicted octanol–water partition coefficient (Wildman–Crippen LogP) is 3.79. The molecule has 4 heteroatoms. The average Bonchev–Trinajstić information content (AvgIpc) is 2.63. The molecule has 0 atom stereocenters. The molecule has 0 aromatic heterocycles. The molecule has 0 unspecified atom stereocenters. The lowest BCUT2D eigenvalue weighted by Gasteiger charge is -2.32. The number of hydrogen-bond acceptors (Lipinski definition) is 2. The van der Waals surface area contributed by atoms with E-state index < -0.39 is 0 Å². The minimum Gasteiger partial charge on any atom is -0.356 e. The molecule has 1 heterocycles. The second-order valence-corrected chi connectivity index (χ2v) is 7.19. The third kappa shape index (κ3) is 5.58. The van der Waals surface area contributed by atoms with E-state index in [1.165, 1.54) is 5.56 Å². The van der Waals surface area contributed by atoms with Gasteiger partial charge in [-0.05, 0) is 57.1 Å². The Morgan fingerprint density at radius 3 is 2.28 bits per heavy atom. The van der Waals surface area contributed by atoms with Gasteiger partial charge in [0.1, 0.15) is 0 Å². The summed E-state index contributed by atoms with van der Waals surface area (Å²) >= 11 is 0. The minimum atomic E-state index is 0.139. The van der Waals surface area contributed by atoms with Crippen molar-refractivity contribution in [2.45, 2.75) is 52.9 Å². The maximum absolute atomic E-state index is 12.5. The Hall–Kier alpha value is -1.84. The van der Waals surface area contributed by atoms with Gasteiger partial charge >= 0.3 is 0 Å². The van der Waals surface area contributed by atoms with Crippen molar-refractivity contribution >= 4 is 11.8 Å². The molecule has 4 nitrogen and oxygen atoms in total. The molecule has 1 N–H and O–H groups in total. The van der Waals surface area contributed by atoms with Crippen molar-refractivity contribution in [3.8, 4) is 0 Å². The van der Waals surface area contributed by atoms with Crippen molar-refractivity contribution in [2.24, 2.45) is 11.8 Å². The summed E-state index contributed by atoms with van der Waals surface area (Å²) in [6.07, 6.45) is 4.87. The highest BCUT2D eigenvalue weighted by Crippen LogP contribution is 2.21. The predicted molar refractivity (Wildman–Crippen MR) is 102 cm³/mol. The zero-order valence-corrected chi connectivity index (χ0v) is 15.9. The van der Waals surface area contributed by atoms with Gasteiger partial charge in [-0.25, -0.2) is 0 Å². The van der Waals surface area contributed by atoms with Gasteiger partial charge in [0.15, 0.2) is 0 Å². The Kier molecular flexibility index (Phi) is 7.48. The topological polar surface area (TPSA) is 49.4 Å². The minimum absolute atomic E-state index is 0.139. The van der Waals surface area contributed by atoms with E-state index in [0.29, 0.717) is 5.92 Å². The van der Waals surface area contributed by atoms with Crippen LogP contribution in [-0.4, -0.2) is 36.3 Å². The summed E-state index contributed by atoms with van der Waals surface area (Å²) in [6, 6.07) is 7.80. The van der Waals surface area contributed by atoms with Gasteiger partial charge in [0.05, 0.1) is 0 Å². The van der Waals surface area contributed by atoms with Crippen molar-refractivity contribution in [3.05, 3.63) is 35.4 Å². The van der Waals surface area contributed by atoms with Gasteiger partial charge in [0.25, 0.3) is 5.91 Å². The Morgan fingerprint density at radius 1 is 1.12 bits per heavy atom. The number of carbonyl (C=O) groups is 2. The number of rotatable bonds is 7. The smallest absolute Gasteiger partial charge is 0.253 e. The van der Waals surface area contributed by atoms with Crippen molar-refractivity contribution < 1.29 is 9.59 Å². The van der Waals surface area contributed by atoms with Crippen LogP contribution >= 0.6 is 0 Å². The molecule has 1 fully saturated rings. The number of amides is 2. The SMILES string of the molecule is CCC(CC)C(=O)NCCC1CCN(C(=O)c2ccc(C)cc2)CC1. The molecule has 1 aliphatic rings. The largest absolute Gasteiger partial charge is 0.356 e. The zero-order valence-electron chi connectivity index (χ0n) is 15.9. The van der Waals surface area contributed by atoms with Gasteiger partial charge in [-0.2, -0.15) is 0 Å². The molecule has 138 valence electrons. The summed E-state index contributed by atoms with van der Waals surface area (Å²) in [5, 5.41) is 3.08. The lowest BCUT2D eigenvalue weighted by atomic mass is 9.93. The fraction of sp³-hybridized carbons (Fsp3) is 0.619. The van der Waals surface area contributed by atoms with Crippen LogP contribution in [0, 0.1) is 18.8 Å². The van der Waals surface area contributed by atoms with Crippen LogP contribution in [0.2, 0.25) is 0 Å². The van der Waals surface area contributed by atoms with Crippen LogP contribution in [0.15, 0.2) is 24.3 Å². The van der Waals surface area contributed by atoms with Crippen LogP contribution in [0.3, 0.4) is 0 Å². The molecule has 1 aliphatic heterocycles. The molecule has 0 saturated carbocycles. The van der Waals surface area contributed by atoms with Gasteiger partial charge in [0, 0.05) is 31.1 Å². The van der Waals surface area contributed by atoms with Crippen molar-refractivity contribution in [3.63, 3.8) is 0 Å². The standard InChI is InChI=1S/C21H32N2O2/c1-4-18(5-2)20(24)22-13-10-17-11-14-23(15-12-17)21(25)19-8-6-16(3)7-9-19/h6-9,17-18H,4-5,10-15H2,1-3H3,(H,22,24). The fourth-order valence-corrected chi connectivity index (χ4v) is 3.51. The number of carbonyl (C=O) groups excluding carboxylic acids is 2.